The standard InChI is InChI=1S/C16H23N3O6/c1-6-7-19(10(2)3,11(4)5)15-13(17(22)23)8-12(16(20)21)9-14(15)18(24)25/h8-11H,6-7H2,1-5H3. The highest BCUT2D eigenvalue weighted by Crippen LogP contribution is 2.45. The van der Waals surface area contributed by atoms with E-state index >= 15 is 0 Å². The third-order valence-corrected chi connectivity index (χ3v) is 4.55. The molecule has 1 rings (SSSR count). The Morgan fingerprint density at radius 2 is 1.44 bits per heavy atom. The Bertz CT molecular complexity index is 656. The molecular formula is C16H23N3O6. The van der Waals surface area contributed by atoms with Crippen molar-refractivity contribution in [2.45, 2.75) is 53.1 Å². The third-order valence-electron chi connectivity index (χ3n) is 4.55. The molecule has 0 heterocycles. The largest absolute Gasteiger partial charge is 0.545 e. The van der Waals surface area contributed by atoms with E-state index in [1.165, 1.54) is 0 Å². The number of carboxylic acid groups (broad SMARTS) is 1. The molecule has 0 spiro atoms. The SMILES string of the molecule is CCC[N+](c1c([N+](=O)[O-])cc(C(=O)[O-])cc1[N+](=O)[O-])(C(C)C)C(C)C. The topological polar surface area (TPSA) is 126 Å². The number of quaternary nitrogens is 1. The number of nitro benzene ring substituents is 2. The number of nitro groups is 2. The fourth-order valence-electron chi connectivity index (χ4n) is 3.54. The summed E-state index contributed by atoms with van der Waals surface area (Å²) in [4.78, 5) is 32.9. The van der Waals surface area contributed by atoms with Gasteiger partial charge in [0.2, 0.25) is 0 Å². The summed E-state index contributed by atoms with van der Waals surface area (Å²) < 4.78 is 0.0104. The number of hydrogen-bond donors (Lipinski definition) is 0. The smallest absolute Gasteiger partial charge is 0.337 e. The van der Waals surface area contributed by atoms with Gasteiger partial charge in [0.25, 0.3) is 5.69 Å². The van der Waals surface area contributed by atoms with Crippen molar-refractivity contribution >= 4 is 23.0 Å². The highest BCUT2D eigenvalue weighted by atomic mass is 16.6. The first-order valence-electron chi connectivity index (χ1n) is 8.06. The number of carboxylic acids is 1. The van der Waals surface area contributed by atoms with E-state index in [1.807, 2.05) is 34.6 Å². The monoisotopic (exact) mass is 353 g/mol. The molecule has 0 saturated heterocycles. The van der Waals surface area contributed by atoms with Crippen LogP contribution in [-0.4, -0.2) is 34.4 Å². The Labute approximate surface area is 145 Å². The molecule has 9 nitrogen and oxygen atoms in total. The molecule has 9 heteroatoms. The first-order valence-corrected chi connectivity index (χ1v) is 8.06. The van der Waals surface area contributed by atoms with Crippen LogP contribution in [0.4, 0.5) is 17.1 Å². The second-order valence-corrected chi connectivity index (χ2v) is 6.51. The van der Waals surface area contributed by atoms with E-state index in [0.717, 1.165) is 12.1 Å². The van der Waals surface area contributed by atoms with E-state index in [1.54, 1.807) is 0 Å². The lowest BCUT2D eigenvalue weighted by Gasteiger charge is -2.44. The Hall–Kier alpha value is -2.55. The van der Waals surface area contributed by atoms with Gasteiger partial charge >= 0.3 is 11.4 Å². The van der Waals surface area contributed by atoms with Crippen LogP contribution < -0.4 is 9.59 Å². The van der Waals surface area contributed by atoms with Gasteiger partial charge in [0.1, 0.15) is 0 Å². The first kappa shape index (κ1) is 20.5. The number of nitrogens with zero attached hydrogens (tertiary/aromatic N) is 3. The minimum Gasteiger partial charge on any atom is -0.545 e. The molecule has 0 bridgehead atoms. The van der Waals surface area contributed by atoms with Crippen molar-refractivity contribution in [1.82, 2.24) is 4.48 Å². The number of rotatable bonds is 8. The highest BCUT2D eigenvalue weighted by Gasteiger charge is 2.48. The van der Waals surface area contributed by atoms with Crippen LogP contribution in [0.15, 0.2) is 12.1 Å². The van der Waals surface area contributed by atoms with Gasteiger partial charge in [-0.2, -0.15) is 0 Å². The second kappa shape index (κ2) is 7.56. The van der Waals surface area contributed by atoms with E-state index in [-0.39, 0.29) is 22.3 Å². The summed E-state index contributed by atoms with van der Waals surface area (Å²) in [5, 5.41) is 34.4. The number of carbonyl (C=O) groups excluding carboxylic acids is 1. The van der Waals surface area contributed by atoms with Crippen LogP contribution in [0.1, 0.15) is 51.4 Å². The molecule has 0 N–H and O–H groups in total. The fraction of sp³-hybridized carbons (Fsp3) is 0.562. The average molecular weight is 353 g/mol. The molecule has 0 aliphatic heterocycles. The Balaban J connectivity index is 4.07. The lowest BCUT2D eigenvalue weighted by Crippen LogP contribution is -2.60. The van der Waals surface area contributed by atoms with Crippen molar-refractivity contribution in [3.8, 4) is 0 Å². The lowest BCUT2D eigenvalue weighted by molar-refractivity contribution is -0.394. The molecule has 0 aromatic heterocycles. The molecule has 25 heavy (non-hydrogen) atoms. The van der Waals surface area contributed by atoms with E-state index in [4.69, 9.17) is 0 Å². The van der Waals surface area contributed by atoms with Crippen LogP contribution in [0.2, 0.25) is 0 Å². The number of hydrogen-bond acceptors (Lipinski definition) is 6. The predicted octanol–water partition coefficient (Wildman–Crippen LogP) is 2.40. The molecule has 0 atom stereocenters. The van der Waals surface area contributed by atoms with Crippen molar-refractivity contribution in [2.75, 3.05) is 6.54 Å². The summed E-state index contributed by atoms with van der Waals surface area (Å²) in [5.41, 5.74) is -1.77. The molecule has 1 aromatic rings. The minimum absolute atomic E-state index is 0.0104. The van der Waals surface area contributed by atoms with Gasteiger partial charge in [0, 0.05) is 17.7 Å². The summed E-state index contributed by atoms with van der Waals surface area (Å²) in [6, 6.07) is 1.33. The molecule has 0 aliphatic rings. The van der Waals surface area contributed by atoms with Crippen molar-refractivity contribution in [3.63, 3.8) is 0 Å². The third kappa shape index (κ3) is 3.60. The highest BCUT2D eigenvalue weighted by molar-refractivity contribution is 5.91. The minimum atomic E-state index is -1.69. The number of aromatic carboxylic acids is 1. The van der Waals surface area contributed by atoms with E-state index in [2.05, 4.69) is 0 Å². The maximum atomic E-state index is 11.6. The summed E-state index contributed by atoms with van der Waals surface area (Å²) in [6.45, 7) is 9.71. The van der Waals surface area contributed by atoms with E-state index in [9.17, 15) is 30.1 Å². The van der Waals surface area contributed by atoms with Crippen molar-refractivity contribution in [1.29, 1.82) is 0 Å². The van der Waals surface area contributed by atoms with E-state index < -0.39 is 32.8 Å². The maximum absolute atomic E-state index is 11.6. The molecular weight excluding hydrogens is 330 g/mol. The Morgan fingerprint density at radius 1 is 1.04 bits per heavy atom. The number of benzene rings is 1. The van der Waals surface area contributed by atoms with Gasteiger partial charge < -0.3 is 9.90 Å². The summed E-state index contributed by atoms with van der Waals surface area (Å²) >= 11 is 0. The number of carbonyl (C=O) groups is 1. The molecule has 0 radical (unpaired) electrons. The predicted molar refractivity (Wildman–Crippen MR) is 91.3 cm³/mol. The molecule has 0 aliphatic carbocycles. The average Bonchev–Trinajstić information content (AvgIpc) is 2.50. The molecule has 0 fully saturated rings. The van der Waals surface area contributed by atoms with E-state index in [0.29, 0.717) is 13.0 Å². The van der Waals surface area contributed by atoms with Crippen LogP contribution in [0.25, 0.3) is 0 Å². The Kier molecular flexibility index (Phi) is 6.20. The van der Waals surface area contributed by atoms with Crippen molar-refractivity contribution < 1.29 is 19.7 Å². The zero-order chi connectivity index (χ0) is 19.5. The quantitative estimate of drug-likeness (QED) is 0.401. The van der Waals surface area contributed by atoms with Crippen molar-refractivity contribution in [2.24, 2.45) is 0 Å². The van der Waals surface area contributed by atoms with Gasteiger partial charge in [-0.05, 0) is 34.1 Å². The first-order chi connectivity index (χ1) is 11.5. The van der Waals surface area contributed by atoms with Crippen LogP contribution in [0.3, 0.4) is 0 Å². The fourth-order valence-corrected chi connectivity index (χ4v) is 3.54. The summed E-state index contributed by atoms with van der Waals surface area (Å²) in [6.07, 6.45) is 0.646. The van der Waals surface area contributed by atoms with Gasteiger partial charge in [0.15, 0.2) is 0 Å². The van der Waals surface area contributed by atoms with Gasteiger partial charge in [-0.25, -0.2) is 0 Å². The van der Waals surface area contributed by atoms with Gasteiger partial charge in [-0.1, -0.05) is 6.92 Å². The summed E-state index contributed by atoms with van der Waals surface area (Å²) in [7, 11) is 0. The summed E-state index contributed by atoms with van der Waals surface area (Å²) in [5.74, 6) is -1.69. The van der Waals surface area contributed by atoms with Crippen LogP contribution in [-0.2, 0) is 0 Å². The maximum Gasteiger partial charge on any atom is 0.337 e. The van der Waals surface area contributed by atoms with Crippen LogP contribution >= 0.6 is 0 Å². The lowest BCUT2D eigenvalue weighted by atomic mass is 10.0. The van der Waals surface area contributed by atoms with Gasteiger partial charge in [-0.15, -0.1) is 0 Å². The van der Waals surface area contributed by atoms with Gasteiger partial charge in [-0.3, -0.25) is 24.7 Å². The van der Waals surface area contributed by atoms with Crippen LogP contribution in [0, 0.1) is 20.2 Å². The zero-order valence-electron chi connectivity index (χ0n) is 15.0. The van der Waals surface area contributed by atoms with Crippen molar-refractivity contribution in [3.05, 3.63) is 37.9 Å². The Morgan fingerprint density at radius 3 is 1.68 bits per heavy atom. The molecule has 0 unspecified atom stereocenters. The molecule has 0 saturated carbocycles. The molecule has 1 aromatic carbocycles. The van der Waals surface area contributed by atoms with Gasteiger partial charge in [0.05, 0.1) is 34.4 Å². The normalized spacial score (nSPS) is 11.8. The molecule has 0 amide bonds. The second-order valence-electron chi connectivity index (χ2n) is 6.51. The molecule has 138 valence electrons. The zero-order valence-corrected chi connectivity index (χ0v) is 15.0. The van der Waals surface area contributed by atoms with Crippen LogP contribution in [0.5, 0.6) is 0 Å².